The van der Waals surface area contributed by atoms with Gasteiger partial charge in [0.2, 0.25) is 0 Å². The molecule has 0 aromatic carbocycles. The summed E-state index contributed by atoms with van der Waals surface area (Å²) in [7, 11) is -1.10. The Bertz CT molecular complexity index is 276. The minimum absolute atomic E-state index is 1.01. The summed E-state index contributed by atoms with van der Waals surface area (Å²) in [5.74, 6) is 13.3. The molecule has 16 heavy (non-hydrogen) atoms. The maximum Gasteiger partial charge on any atom is 0.0789 e. The van der Waals surface area contributed by atoms with E-state index < -0.39 is 8.07 Å². The Morgan fingerprint density at radius 2 is 1.25 bits per heavy atom. The molecule has 0 aliphatic carbocycles. The van der Waals surface area contributed by atoms with Gasteiger partial charge in [-0.2, -0.15) is 0 Å². The molecular weight excluding hydrogens is 208 g/mol. The van der Waals surface area contributed by atoms with Gasteiger partial charge in [0.25, 0.3) is 0 Å². The van der Waals surface area contributed by atoms with E-state index >= 15 is 0 Å². The quantitative estimate of drug-likeness (QED) is 0.487. The molecule has 1 heterocycles. The predicted molar refractivity (Wildman–Crippen MR) is 75.0 cm³/mol. The first-order valence-electron chi connectivity index (χ1n) is 6.74. The first kappa shape index (κ1) is 13.4. The lowest BCUT2D eigenvalue weighted by Crippen LogP contribution is -2.35. The van der Waals surface area contributed by atoms with Crippen LogP contribution < -0.4 is 0 Å². The third-order valence-corrected chi connectivity index (χ3v) is 8.13. The summed E-state index contributed by atoms with van der Waals surface area (Å²) in [6.45, 7) is 4.28. The summed E-state index contributed by atoms with van der Waals surface area (Å²) in [5, 5.41) is 0. The lowest BCUT2D eigenvalue weighted by atomic mass is 10.3. The molecule has 0 saturated carbocycles. The van der Waals surface area contributed by atoms with Crippen molar-refractivity contribution in [2.45, 2.75) is 70.1 Å². The number of hydrogen-bond acceptors (Lipinski definition) is 0. The summed E-state index contributed by atoms with van der Waals surface area (Å²) < 4.78 is 0. The Hall–Kier alpha value is -0.663. The topological polar surface area (TPSA) is 0 Å². The van der Waals surface area contributed by atoms with Crippen molar-refractivity contribution >= 4 is 8.07 Å². The fourth-order valence-electron chi connectivity index (χ4n) is 2.47. The van der Waals surface area contributed by atoms with Crippen molar-refractivity contribution in [2.24, 2.45) is 0 Å². The Morgan fingerprint density at radius 3 is 1.69 bits per heavy atom. The van der Waals surface area contributed by atoms with Crippen molar-refractivity contribution in [1.29, 1.82) is 0 Å². The molecule has 88 valence electrons. The van der Waals surface area contributed by atoms with Crippen LogP contribution in [0.15, 0.2) is 0 Å². The van der Waals surface area contributed by atoms with Crippen molar-refractivity contribution in [3.05, 3.63) is 0 Å². The predicted octanol–water partition coefficient (Wildman–Crippen LogP) is 4.45. The third kappa shape index (κ3) is 4.46. The van der Waals surface area contributed by atoms with Gasteiger partial charge in [-0.05, 0) is 0 Å². The van der Waals surface area contributed by atoms with Gasteiger partial charge in [-0.3, -0.25) is 0 Å². The maximum atomic E-state index is 3.42. The van der Waals surface area contributed by atoms with Crippen LogP contribution in [0.5, 0.6) is 0 Å². The van der Waals surface area contributed by atoms with Crippen LogP contribution in [0.25, 0.3) is 0 Å². The summed E-state index contributed by atoms with van der Waals surface area (Å²) in [6.07, 6.45) is 6.33. The van der Waals surface area contributed by atoms with E-state index in [0.29, 0.717) is 0 Å². The van der Waals surface area contributed by atoms with Gasteiger partial charge in [-0.15, -0.1) is 23.7 Å². The molecule has 0 aromatic rings. The Kier molecular flexibility index (Phi) is 6.35. The molecule has 1 rings (SSSR count). The first-order valence-corrected chi connectivity index (χ1v) is 9.57. The van der Waals surface area contributed by atoms with Crippen molar-refractivity contribution in [3.8, 4) is 23.7 Å². The van der Waals surface area contributed by atoms with Crippen LogP contribution in [0.3, 0.4) is 0 Å². The first-order chi connectivity index (χ1) is 7.83. The Morgan fingerprint density at radius 1 is 0.750 bits per heavy atom. The second-order valence-electron chi connectivity index (χ2n) is 4.83. The second kappa shape index (κ2) is 7.58. The highest BCUT2D eigenvalue weighted by Gasteiger charge is 2.32. The molecule has 0 aromatic heterocycles. The van der Waals surface area contributed by atoms with E-state index in [4.69, 9.17) is 0 Å². The molecule has 1 saturated heterocycles. The smallest absolute Gasteiger partial charge is 0.0789 e. The van der Waals surface area contributed by atoms with Gasteiger partial charge in [0, 0.05) is 24.9 Å². The molecule has 0 atom stereocenters. The van der Waals surface area contributed by atoms with Gasteiger partial charge in [-0.25, -0.2) is 0 Å². The molecule has 0 spiro atoms. The average Bonchev–Trinajstić information content (AvgIpc) is 2.31. The highest BCUT2D eigenvalue weighted by Crippen LogP contribution is 2.34. The van der Waals surface area contributed by atoms with Gasteiger partial charge >= 0.3 is 0 Å². The lowest BCUT2D eigenvalue weighted by molar-refractivity contribution is 0.708. The molecule has 1 aliphatic heterocycles. The van der Waals surface area contributed by atoms with Crippen molar-refractivity contribution in [3.63, 3.8) is 0 Å². The van der Waals surface area contributed by atoms with Crippen LogP contribution in [0, 0.1) is 23.7 Å². The van der Waals surface area contributed by atoms with Gasteiger partial charge < -0.3 is 0 Å². The fraction of sp³-hybridized carbons (Fsp3) is 0.733. The summed E-state index contributed by atoms with van der Waals surface area (Å²) in [5.41, 5.74) is 0. The van der Waals surface area contributed by atoms with E-state index in [9.17, 15) is 0 Å². The van der Waals surface area contributed by atoms with Crippen molar-refractivity contribution in [2.75, 3.05) is 0 Å². The van der Waals surface area contributed by atoms with Crippen LogP contribution >= 0.6 is 0 Å². The largest absolute Gasteiger partial charge is 0.106 e. The second-order valence-corrected chi connectivity index (χ2v) is 9.54. The normalized spacial score (nSPS) is 17.9. The lowest BCUT2D eigenvalue weighted by Gasteiger charge is -2.32. The van der Waals surface area contributed by atoms with Gasteiger partial charge in [-0.1, -0.05) is 45.2 Å². The summed E-state index contributed by atoms with van der Waals surface area (Å²) >= 11 is 0. The minimum atomic E-state index is -1.10. The van der Waals surface area contributed by atoms with Crippen molar-refractivity contribution < 1.29 is 0 Å². The highest BCUT2D eigenvalue weighted by atomic mass is 28.3. The van der Waals surface area contributed by atoms with Crippen LogP contribution in [0.4, 0.5) is 0 Å². The van der Waals surface area contributed by atoms with Crippen molar-refractivity contribution in [1.82, 2.24) is 0 Å². The summed E-state index contributed by atoms with van der Waals surface area (Å²) in [4.78, 5) is 0. The van der Waals surface area contributed by atoms with Gasteiger partial charge in [0.15, 0.2) is 0 Å². The summed E-state index contributed by atoms with van der Waals surface area (Å²) in [6, 6.07) is 5.37. The molecule has 1 heteroatoms. The molecule has 0 unspecified atom stereocenters. The van der Waals surface area contributed by atoms with Crippen LogP contribution in [-0.4, -0.2) is 8.07 Å². The van der Waals surface area contributed by atoms with Crippen LogP contribution in [-0.2, 0) is 0 Å². The van der Waals surface area contributed by atoms with E-state index in [1.54, 1.807) is 0 Å². The van der Waals surface area contributed by atoms with Crippen LogP contribution in [0.1, 0.15) is 46.0 Å². The zero-order valence-electron chi connectivity index (χ0n) is 10.9. The molecule has 0 radical (unpaired) electrons. The molecule has 1 fully saturated rings. The zero-order valence-corrected chi connectivity index (χ0v) is 11.9. The molecule has 0 N–H and O–H groups in total. The maximum absolute atomic E-state index is 3.42. The molecule has 0 bridgehead atoms. The van der Waals surface area contributed by atoms with E-state index in [1.807, 2.05) is 0 Å². The SMILES string of the molecule is CCC#CC[Si]1(CC#CCC)CCCCC1. The van der Waals surface area contributed by atoms with Gasteiger partial charge in [0.1, 0.15) is 0 Å². The monoisotopic (exact) mass is 232 g/mol. The van der Waals surface area contributed by atoms with Crippen LogP contribution in [0.2, 0.25) is 24.2 Å². The highest BCUT2D eigenvalue weighted by molar-refractivity contribution is 6.81. The standard InChI is InChI=1S/C15H24Si/c1-3-5-8-12-16(13-9-6-4-2)14-10-7-11-15-16/h3-4,7,10-15H2,1-2H3. The molecular formula is C15H24Si. The number of hydrogen-bond donors (Lipinski definition) is 0. The van der Waals surface area contributed by atoms with E-state index in [1.165, 1.54) is 43.4 Å². The number of rotatable bonds is 2. The van der Waals surface area contributed by atoms with Gasteiger partial charge in [0.05, 0.1) is 8.07 Å². The molecule has 0 nitrogen and oxygen atoms in total. The Balaban J connectivity index is 2.59. The van der Waals surface area contributed by atoms with E-state index in [-0.39, 0.29) is 0 Å². The van der Waals surface area contributed by atoms with E-state index in [2.05, 4.69) is 37.5 Å². The average molecular weight is 232 g/mol. The Labute approximate surface area is 102 Å². The molecule has 1 aliphatic rings. The van der Waals surface area contributed by atoms with E-state index in [0.717, 1.165) is 12.8 Å². The third-order valence-electron chi connectivity index (χ3n) is 3.44. The fourth-order valence-corrected chi connectivity index (χ4v) is 6.55. The zero-order chi connectivity index (χ0) is 11.7. The minimum Gasteiger partial charge on any atom is -0.106 e. The molecule has 0 amide bonds.